The highest BCUT2D eigenvalue weighted by molar-refractivity contribution is 7.17. The predicted octanol–water partition coefficient (Wildman–Crippen LogP) is 1.27. The van der Waals surface area contributed by atoms with Gasteiger partial charge in [-0.05, 0) is 6.92 Å². The number of thiazole rings is 1. The lowest BCUT2D eigenvalue weighted by molar-refractivity contribution is 0.102. The first-order valence-electron chi connectivity index (χ1n) is 4.11. The van der Waals surface area contributed by atoms with Crippen LogP contribution in [0.15, 0.2) is 16.9 Å². The molecule has 0 unspecified atom stereocenters. The zero-order chi connectivity index (χ0) is 10.8. The van der Waals surface area contributed by atoms with E-state index >= 15 is 0 Å². The highest BCUT2D eigenvalue weighted by Gasteiger charge is 2.14. The first kappa shape index (κ1) is 9.66. The number of carbonyl (C=O) groups excluding carboxylic acids is 1. The minimum Gasteiger partial charge on any atom is -0.375 e. The van der Waals surface area contributed by atoms with Crippen LogP contribution in [0.5, 0.6) is 0 Å². The van der Waals surface area contributed by atoms with Crippen LogP contribution in [-0.2, 0) is 0 Å². The second-order valence-electron chi connectivity index (χ2n) is 2.81. The number of nitrogens with one attached hydrogen (secondary N) is 1. The molecule has 7 heteroatoms. The number of nitrogens with zero attached hydrogens (tertiary/aromatic N) is 2. The molecule has 1 amide bonds. The molecule has 0 aliphatic carbocycles. The highest BCUT2D eigenvalue weighted by Crippen LogP contribution is 2.20. The molecule has 78 valence electrons. The second kappa shape index (κ2) is 3.70. The Morgan fingerprint density at radius 3 is 3.00 bits per heavy atom. The molecule has 0 spiro atoms. The van der Waals surface area contributed by atoms with Gasteiger partial charge in [0.05, 0.1) is 5.69 Å². The van der Waals surface area contributed by atoms with Gasteiger partial charge in [-0.3, -0.25) is 4.79 Å². The number of rotatable bonds is 2. The van der Waals surface area contributed by atoms with Gasteiger partial charge in [0.15, 0.2) is 10.9 Å². The fourth-order valence-corrected chi connectivity index (χ4v) is 1.81. The van der Waals surface area contributed by atoms with E-state index in [0.717, 1.165) is 11.3 Å². The van der Waals surface area contributed by atoms with E-state index in [1.54, 1.807) is 13.0 Å². The number of anilines is 2. The smallest absolute Gasteiger partial charge is 0.268 e. The molecular formula is C8H8N4O2S. The SMILES string of the molecule is Cc1nc(N)sc1C(=O)Nc1ccon1. The van der Waals surface area contributed by atoms with Crippen LogP contribution in [0.4, 0.5) is 10.9 Å². The molecule has 2 aromatic heterocycles. The lowest BCUT2D eigenvalue weighted by Crippen LogP contribution is -2.11. The van der Waals surface area contributed by atoms with Gasteiger partial charge < -0.3 is 15.6 Å². The summed E-state index contributed by atoms with van der Waals surface area (Å²) in [5, 5.41) is 6.50. The summed E-state index contributed by atoms with van der Waals surface area (Å²) in [4.78, 5) is 16.1. The maximum atomic E-state index is 11.7. The molecule has 0 saturated heterocycles. The van der Waals surface area contributed by atoms with E-state index in [4.69, 9.17) is 5.73 Å². The fraction of sp³-hybridized carbons (Fsp3) is 0.125. The van der Waals surface area contributed by atoms with E-state index in [2.05, 4.69) is 20.0 Å². The molecular weight excluding hydrogens is 216 g/mol. The molecule has 0 aliphatic rings. The fourth-order valence-electron chi connectivity index (χ4n) is 1.08. The van der Waals surface area contributed by atoms with Gasteiger partial charge in [0.2, 0.25) is 0 Å². The lowest BCUT2D eigenvalue weighted by atomic mass is 10.4. The normalized spacial score (nSPS) is 10.2. The zero-order valence-corrected chi connectivity index (χ0v) is 8.67. The number of hydrogen-bond acceptors (Lipinski definition) is 6. The number of aromatic nitrogens is 2. The Morgan fingerprint density at radius 2 is 2.47 bits per heavy atom. The average Bonchev–Trinajstić information content (AvgIpc) is 2.75. The average molecular weight is 224 g/mol. The molecule has 0 saturated carbocycles. The second-order valence-corrected chi connectivity index (χ2v) is 3.84. The number of carbonyl (C=O) groups is 1. The molecule has 0 radical (unpaired) electrons. The van der Waals surface area contributed by atoms with Crippen molar-refractivity contribution in [3.8, 4) is 0 Å². The number of aryl methyl sites for hydroxylation is 1. The van der Waals surface area contributed by atoms with E-state index in [-0.39, 0.29) is 5.91 Å². The first-order chi connectivity index (χ1) is 7.16. The summed E-state index contributed by atoms with van der Waals surface area (Å²) < 4.78 is 4.59. The van der Waals surface area contributed by atoms with E-state index in [1.165, 1.54) is 6.26 Å². The molecule has 15 heavy (non-hydrogen) atoms. The molecule has 3 N–H and O–H groups in total. The summed E-state index contributed by atoms with van der Waals surface area (Å²) in [5.74, 6) is 0.0852. The first-order valence-corrected chi connectivity index (χ1v) is 4.93. The minimum atomic E-state index is -0.282. The van der Waals surface area contributed by atoms with Crippen LogP contribution >= 0.6 is 11.3 Å². The van der Waals surface area contributed by atoms with Crippen molar-refractivity contribution in [3.05, 3.63) is 22.9 Å². The third kappa shape index (κ3) is 1.96. The third-order valence-electron chi connectivity index (χ3n) is 1.70. The minimum absolute atomic E-state index is 0.282. The summed E-state index contributed by atoms with van der Waals surface area (Å²) in [6.07, 6.45) is 1.38. The molecule has 2 heterocycles. The largest absolute Gasteiger partial charge is 0.375 e. The number of hydrogen-bond donors (Lipinski definition) is 2. The maximum Gasteiger partial charge on any atom is 0.268 e. The van der Waals surface area contributed by atoms with Crippen LogP contribution in [0.3, 0.4) is 0 Å². The van der Waals surface area contributed by atoms with Crippen molar-refractivity contribution in [3.63, 3.8) is 0 Å². The zero-order valence-electron chi connectivity index (χ0n) is 7.85. The molecule has 2 rings (SSSR count). The molecule has 2 aromatic rings. The highest BCUT2D eigenvalue weighted by atomic mass is 32.1. The van der Waals surface area contributed by atoms with Crippen molar-refractivity contribution < 1.29 is 9.32 Å². The van der Waals surface area contributed by atoms with Gasteiger partial charge >= 0.3 is 0 Å². The van der Waals surface area contributed by atoms with Crippen LogP contribution < -0.4 is 11.1 Å². The van der Waals surface area contributed by atoms with E-state index in [9.17, 15) is 4.79 Å². The van der Waals surface area contributed by atoms with Crippen molar-refractivity contribution in [1.29, 1.82) is 0 Å². The molecule has 0 fully saturated rings. The van der Waals surface area contributed by atoms with Crippen LogP contribution in [-0.4, -0.2) is 16.0 Å². The molecule has 0 atom stereocenters. The predicted molar refractivity (Wildman–Crippen MR) is 55.7 cm³/mol. The van der Waals surface area contributed by atoms with Gasteiger partial charge in [-0.2, -0.15) is 0 Å². The van der Waals surface area contributed by atoms with Crippen LogP contribution in [0.25, 0.3) is 0 Å². The topological polar surface area (TPSA) is 94.0 Å². The Balaban J connectivity index is 2.18. The van der Waals surface area contributed by atoms with Crippen molar-refractivity contribution >= 4 is 28.2 Å². The summed E-state index contributed by atoms with van der Waals surface area (Å²) in [6, 6.07) is 1.55. The van der Waals surface area contributed by atoms with Gasteiger partial charge in [0.1, 0.15) is 11.1 Å². The summed E-state index contributed by atoms with van der Waals surface area (Å²) in [5.41, 5.74) is 6.09. The van der Waals surface area contributed by atoms with Crippen molar-refractivity contribution in [2.24, 2.45) is 0 Å². The molecule has 0 aromatic carbocycles. The standard InChI is InChI=1S/C8H8N4O2S/c1-4-6(15-8(9)10-4)7(13)11-5-2-3-14-12-5/h2-3H,1H3,(H2,9,10)(H,11,12,13). The quantitative estimate of drug-likeness (QED) is 0.801. The van der Waals surface area contributed by atoms with Crippen LogP contribution in [0, 0.1) is 6.92 Å². The van der Waals surface area contributed by atoms with Crippen LogP contribution in [0.2, 0.25) is 0 Å². The number of amides is 1. The maximum absolute atomic E-state index is 11.7. The van der Waals surface area contributed by atoms with Crippen molar-refractivity contribution in [2.45, 2.75) is 6.92 Å². The van der Waals surface area contributed by atoms with Gasteiger partial charge in [0, 0.05) is 6.07 Å². The van der Waals surface area contributed by atoms with E-state index < -0.39 is 0 Å². The Morgan fingerprint density at radius 1 is 1.67 bits per heavy atom. The molecule has 6 nitrogen and oxygen atoms in total. The van der Waals surface area contributed by atoms with Gasteiger partial charge in [-0.1, -0.05) is 16.5 Å². The van der Waals surface area contributed by atoms with Gasteiger partial charge in [0.25, 0.3) is 5.91 Å². The number of nitrogens with two attached hydrogens (primary N) is 1. The Labute approximate surface area is 89.1 Å². The Hall–Kier alpha value is -1.89. The molecule has 0 aliphatic heterocycles. The van der Waals surface area contributed by atoms with E-state index in [0.29, 0.717) is 21.5 Å². The van der Waals surface area contributed by atoms with E-state index in [1.807, 2.05) is 0 Å². The van der Waals surface area contributed by atoms with Gasteiger partial charge in [-0.15, -0.1) is 0 Å². The summed E-state index contributed by atoms with van der Waals surface area (Å²) >= 11 is 1.14. The van der Waals surface area contributed by atoms with Crippen LogP contribution in [0.1, 0.15) is 15.4 Å². The monoisotopic (exact) mass is 224 g/mol. The van der Waals surface area contributed by atoms with Crippen molar-refractivity contribution in [1.82, 2.24) is 10.1 Å². The summed E-state index contributed by atoms with van der Waals surface area (Å²) in [6.45, 7) is 1.73. The summed E-state index contributed by atoms with van der Waals surface area (Å²) in [7, 11) is 0. The molecule has 0 bridgehead atoms. The van der Waals surface area contributed by atoms with Crippen molar-refractivity contribution in [2.75, 3.05) is 11.1 Å². The Bertz CT molecular complexity index is 477. The lowest BCUT2D eigenvalue weighted by Gasteiger charge is -1.97. The number of nitrogen functional groups attached to an aromatic ring is 1. The Kier molecular flexibility index (Phi) is 2.38. The van der Waals surface area contributed by atoms with Gasteiger partial charge in [-0.25, -0.2) is 4.98 Å². The third-order valence-corrected chi connectivity index (χ3v) is 2.68.